The van der Waals surface area contributed by atoms with Gasteiger partial charge in [-0.1, -0.05) is 19.1 Å². The van der Waals surface area contributed by atoms with Crippen molar-refractivity contribution in [1.29, 1.82) is 0 Å². The fourth-order valence-corrected chi connectivity index (χ4v) is 2.62. The molecule has 1 aliphatic heterocycles. The van der Waals surface area contributed by atoms with E-state index < -0.39 is 0 Å². The second-order valence-corrected chi connectivity index (χ2v) is 5.09. The highest BCUT2D eigenvalue weighted by Crippen LogP contribution is 2.31. The predicted molar refractivity (Wildman–Crippen MR) is 68.4 cm³/mol. The van der Waals surface area contributed by atoms with E-state index in [0.717, 1.165) is 25.2 Å². The van der Waals surface area contributed by atoms with Crippen molar-refractivity contribution in [3.63, 3.8) is 0 Å². The fraction of sp³-hybridized carbons (Fsp3) is 0.357. The molecule has 1 N–H and O–H groups in total. The molecule has 0 amide bonds. The van der Waals surface area contributed by atoms with E-state index in [2.05, 4.69) is 17.2 Å². The fourth-order valence-electron chi connectivity index (χ4n) is 2.62. The van der Waals surface area contributed by atoms with Gasteiger partial charge in [-0.15, -0.1) is 0 Å². The Morgan fingerprint density at radius 3 is 2.94 bits per heavy atom. The van der Waals surface area contributed by atoms with E-state index in [9.17, 15) is 4.39 Å². The van der Waals surface area contributed by atoms with Crippen molar-refractivity contribution >= 4 is 0 Å². The molecule has 1 aromatic heterocycles. The molecule has 3 rings (SSSR count). The average Bonchev–Trinajstić information content (AvgIpc) is 2.99. The number of benzene rings is 1. The molecular formula is C14H16FN3. The Labute approximate surface area is 106 Å². The molecule has 2 heterocycles. The molecule has 0 bridgehead atoms. The van der Waals surface area contributed by atoms with Gasteiger partial charge < -0.3 is 5.32 Å². The van der Waals surface area contributed by atoms with Gasteiger partial charge in [0.15, 0.2) is 0 Å². The molecule has 1 fully saturated rings. The number of aromatic nitrogens is 2. The van der Waals surface area contributed by atoms with Crippen LogP contribution in [0.5, 0.6) is 0 Å². The average molecular weight is 245 g/mol. The minimum Gasteiger partial charge on any atom is -0.316 e. The summed E-state index contributed by atoms with van der Waals surface area (Å²) in [6.07, 6.45) is 4.59. The molecule has 94 valence electrons. The van der Waals surface area contributed by atoms with Gasteiger partial charge in [0.05, 0.1) is 12.0 Å². The van der Waals surface area contributed by atoms with Gasteiger partial charge in [0.1, 0.15) is 5.82 Å². The number of nitrogens with zero attached hydrogens (tertiary/aromatic N) is 2. The highest BCUT2D eigenvalue weighted by molar-refractivity contribution is 5.37. The quantitative estimate of drug-likeness (QED) is 0.879. The third kappa shape index (κ3) is 1.73. The Kier molecular flexibility index (Phi) is 2.67. The smallest absolute Gasteiger partial charge is 0.147 e. The number of nitrogens with one attached hydrogen (secondary N) is 1. The van der Waals surface area contributed by atoms with Crippen molar-refractivity contribution in [3.05, 3.63) is 48.3 Å². The summed E-state index contributed by atoms with van der Waals surface area (Å²) in [4.78, 5) is 4.20. The Morgan fingerprint density at radius 2 is 2.22 bits per heavy atom. The van der Waals surface area contributed by atoms with Crippen molar-refractivity contribution in [3.8, 4) is 5.69 Å². The molecule has 1 aromatic carbocycles. The van der Waals surface area contributed by atoms with Crippen LogP contribution in [0.1, 0.15) is 19.0 Å². The van der Waals surface area contributed by atoms with Crippen molar-refractivity contribution in [2.24, 2.45) is 0 Å². The Hall–Kier alpha value is -1.68. The van der Waals surface area contributed by atoms with Crippen LogP contribution < -0.4 is 5.32 Å². The third-order valence-electron chi connectivity index (χ3n) is 3.74. The van der Waals surface area contributed by atoms with Gasteiger partial charge in [-0.05, 0) is 25.1 Å². The molecule has 0 aliphatic carbocycles. The molecule has 1 atom stereocenters. The van der Waals surface area contributed by atoms with Gasteiger partial charge in [0.25, 0.3) is 0 Å². The van der Waals surface area contributed by atoms with Crippen LogP contribution in [-0.4, -0.2) is 22.6 Å². The summed E-state index contributed by atoms with van der Waals surface area (Å²) in [5, 5.41) is 3.36. The maximum absolute atomic E-state index is 13.9. The summed E-state index contributed by atoms with van der Waals surface area (Å²) >= 11 is 0. The van der Waals surface area contributed by atoms with Crippen LogP contribution in [0.3, 0.4) is 0 Å². The van der Waals surface area contributed by atoms with E-state index in [1.165, 1.54) is 6.07 Å². The van der Waals surface area contributed by atoms with Crippen LogP contribution in [0, 0.1) is 5.82 Å². The lowest BCUT2D eigenvalue weighted by Crippen LogP contribution is -2.27. The number of imidazole rings is 1. The van der Waals surface area contributed by atoms with Crippen LogP contribution in [0.15, 0.2) is 36.8 Å². The molecule has 18 heavy (non-hydrogen) atoms. The van der Waals surface area contributed by atoms with E-state index >= 15 is 0 Å². The van der Waals surface area contributed by atoms with E-state index in [-0.39, 0.29) is 11.2 Å². The summed E-state index contributed by atoms with van der Waals surface area (Å²) in [6, 6.07) is 6.81. The molecule has 1 unspecified atom stereocenters. The van der Waals surface area contributed by atoms with E-state index in [1.54, 1.807) is 18.5 Å². The lowest BCUT2D eigenvalue weighted by Gasteiger charge is -2.24. The number of halogens is 1. The molecule has 0 saturated carbocycles. The largest absolute Gasteiger partial charge is 0.316 e. The van der Waals surface area contributed by atoms with Crippen molar-refractivity contribution in [2.75, 3.05) is 13.1 Å². The van der Waals surface area contributed by atoms with E-state index in [0.29, 0.717) is 5.69 Å². The molecule has 0 spiro atoms. The van der Waals surface area contributed by atoms with E-state index in [4.69, 9.17) is 0 Å². The monoisotopic (exact) mass is 245 g/mol. The SMILES string of the molecule is CC1(c2cncn2-c2ccccc2F)CCNC1. The molecule has 3 nitrogen and oxygen atoms in total. The molecule has 4 heteroatoms. The van der Waals surface area contributed by atoms with Crippen molar-refractivity contribution in [2.45, 2.75) is 18.8 Å². The normalized spacial score (nSPS) is 23.4. The second kappa shape index (κ2) is 4.21. The number of hydrogen-bond donors (Lipinski definition) is 1. The van der Waals surface area contributed by atoms with Crippen molar-refractivity contribution in [1.82, 2.24) is 14.9 Å². The van der Waals surface area contributed by atoms with Crippen LogP contribution in [0.2, 0.25) is 0 Å². The summed E-state index contributed by atoms with van der Waals surface area (Å²) in [5.74, 6) is -0.216. The minimum absolute atomic E-state index is 0.0266. The zero-order chi connectivity index (χ0) is 12.6. The zero-order valence-electron chi connectivity index (χ0n) is 10.4. The first kappa shape index (κ1) is 11.4. The van der Waals surface area contributed by atoms with Gasteiger partial charge in [0, 0.05) is 23.9 Å². The van der Waals surface area contributed by atoms with E-state index in [1.807, 2.05) is 16.8 Å². The first-order valence-corrected chi connectivity index (χ1v) is 6.19. The zero-order valence-corrected chi connectivity index (χ0v) is 10.4. The Morgan fingerprint density at radius 1 is 1.39 bits per heavy atom. The first-order valence-electron chi connectivity index (χ1n) is 6.19. The van der Waals surface area contributed by atoms with Crippen LogP contribution in [-0.2, 0) is 5.41 Å². The van der Waals surface area contributed by atoms with Gasteiger partial charge in [0.2, 0.25) is 0 Å². The molecule has 1 aliphatic rings. The van der Waals surface area contributed by atoms with Crippen molar-refractivity contribution < 1.29 is 4.39 Å². The summed E-state index contributed by atoms with van der Waals surface area (Å²) in [6.45, 7) is 4.10. The lowest BCUT2D eigenvalue weighted by molar-refractivity contribution is 0.495. The predicted octanol–water partition coefficient (Wildman–Crippen LogP) is 2.26. The van der Waals surface area contributed by atoms with Crippen LogP contribution in [0.25, 0.3) is 5.69 Å². The molecule has 2 aromatic rings. The van der Waals surface area contributed by atoms with Crippen LogP contribution >= 0.6 is 0 Å². The number of rotatable bonds is 2. The van der Waals surface area contributed by atoms with Gasteiger partial charge in [-0.25, -0.2) is 9.37 Å². The summed E-state index contributed by atoms with van der Waals surface area (Å²) in [7, 11) is 0. The second-order valence-electron chi connectivity index (χ2n) is 5.09. The highest BCUT2D eigenvalue weighted by atomic mass is 19.1. The van der Waals surface area contributed by atoms with Crippen LogP contribution in [0.4, 0.5) is 4.39 Å². The maximum Gasteiger partial charge on any atom is 0.147 e. The summed E-state index contributed by atoms with van der Waals surface area (Å²) < 4.78 is 15.7. The standard InChI is InChI=1S/C14H16FN3/c1-14(6-7-16-9-14)13-8-17-10-18(13)12-5-3-2-4-11(12)15/h2-5,8,10,16H,6-7,9H2,1H3. The summed E-state index contributed by atoms with van der Waals surface area (Å²) in [5.41, 5.74) is 1.66. The van der Waals surface area contributed by atoms with Gasteiger partial charge in [-0.2, -0.15) is 0 Å². The van der Waals surface area contributed by atoms with Gasteiger partial charge >= 0.3 is 0 Å². The number of para-hydroxylation sites is 1. The Balaban J connectivity index is 2.10. The minimum atomic E-state index is -0.216. The third-order valence-corrected chi connectivity index (χ3v) is 3.74. The Bertz CT molecular complexity index is 556. The topological polar surface area (TPSA) is 29.9 Å². The first-order chi connectivity index (χ1) is 8.71. The molecule has 1 saturated heterocycles. The highest BCUT2D eigenvalue weighted by Gasteiger charge is 2.33. The molecular weight excluding hydrogens is 229 g/mol. The number of hydrogen-bond acceptors (Lipinski definition) is 2. The lowest BCUT2D eigenvalue weighted by atomic mass is 9.86. The van der Waals surface area contributed by atoms with Gasteiger partial charge in [-0.3, -0.25) is 4.57 Å². The molecule has 0 radical (unpaired) electrons. The maximum atomic E-state index is 13.9.